The summed E-state index contributed by atoms with van der Waals surface area (Å²) in [6.07, 6.45) is 2.22. The summed E-state index contributed by atoms with van der Waals surface area (Å²) in [5.41, 5.74) is 2.54. The fourth-order valence-corrected chi connectivity index (χ4v) is 4.94. The van der Waals surface area contributed by atoms with Gasteiger partial charge in [-0.15, -0.1) is 5.10 Å². The fourth-order valence-electron chi connectivity index (χ4n) is 4.39. The minimum absolute atomic E-state index is 0.0295. The van der Waals surface area contributed by atoms with Gasteiger partial charge in [-0.25, -0.2) is 9.48 Å². The molecule has 0 saturated carbocycles. The van der Waals surface area contributed by atoms with Crippen molar-refractivity contribution in [3.05, 3.63) is 39.6 Å². The molecule has 0 radical (unpaired) electrons. The van der Waals surface area contributed by atoms with Gasteiger partial charge < -0.3 is 14.7 Å². The van der Waals surface area contributed by atoms with Crippen molar-refractivity contribution >= 4 is 27.9 Å². The van der Waals surface area contributed by atoms with E-state index in [-0.39, 0.29) is 24.5 Å². The first-order valence-corrected chi connectivity index (χ1v) is 11.7. The van der Waals surface area contributed by atoms with Crippen LogP contribution in [0.2, 0.25) is 0 Å². The van der Waals surface area contributed by atoms with Gasteiger partial charge in [0.05, 0.1) is 12.2 Å². The van der Waals surface area contributed by atoms with Gasteiger partial charge in [-0.1, -0.05) is 28.1 Å². The van der Waals surface area contributed by atoms with Crippen LogP contribution in [0, 0.1) is 5.92 Å². The molecule has 1 fully saturated rings. The Kier molecular flexibility index (Phi) is 6.41. The van der Waals surface area contributed by atoms with Gasteiger partial charge in [0.1, 0.15) is 18.1 Å². The van der Waals surface area contributed by atoms with E-state index in [1.54, 1.807) is 9.58 Å². The number of carbonyl (C=O) groups excluding carboxylic acids is 1. The highest BCUT2D eigenvalue weighted by molar-refractivity contribution is 9.10. The average molecular weight is 506 g/mol. The minimum Gasteiger partial charge on any atom is -0.487 e. The number of ether oxygens (including phenoxy) is 1. The Balaban J connectivity index is 1.66. The molecule has 3 heterocycles. The summed E-state index contributed by atoms with van der Waals surface area (Å²) >= 11 is 3.62. The van der Waals surface area contributed by atoms with Crippen LogP contribution in [0.25, 0.3) is 0 Å². The van der Waals surface area contributed by atoms with Crippen LogP contribution >= 0.6 is 15.9 Å². The van der Waals surface area contributed by atoms with Crippen LogP contribution in [-0.4, -0.2) is 61.5 Å². The van der Waals surface area contributed by atoms with Crippen molar-refractivity contribution in [3.63, 3.8) is 0 Å². The van der Waals surface area contributed by atoms with Gasteiger partial charge in [0, 0.05) is 41.6 Å². The van der Waals surface area contributed by atoms with Crippen LogP contribution in [0.3, 0.4) is 0 Å². The highest BCUT2D eigenvalue weighted by Gasteiger charge is 2.38. The summed E-state index contributed by atoms with van der Waals surface area (Å²) in [5, 5.41) is 18.2. The van der Waals surface area contributed by atoms with E-state index >= 15 is 0 Å². The van der Waals surface area contributed by atoms with E-state index in [1.165, 1.54) is 4.90 Å². The summed E-state index contributed by atoms with van der Waals surface area (Å²) in [7, 11) is 0. The molecule has 2 aromatic rings. The van der Waals surface area contributed by atoms with Crippen molar-refractivity contribution < 1.29 is 19.4 Å². The first-order chi connectivity index (χ1) is 15.3. The predicted molar refractivity (Wildman–Crippen MR) is 120 cm³/mol. The molecule has 0 spiro atoms. The van der Waals surface area contributed by atoms with E-state index in [9.17, 15) is 14.7 Å². The number of hydrogen-bond donors (Lipinski definition) is 1. The van der Waals surface area contributed by atoms with Crippen LogP contribution in [-0.2, 0) is 17.8 Å². The Morgan fingerprint density at radius 1 is 1.34 bits per heavy atom. The van der Waals surface area contributed by atoms with Gasteiger partial charge in [-0.05, 0) is 44.4 Å². The van der Waals surface area contributed by atoms with Crippen LogP contribution < -0.4 is 4.74 Å². The number of carboxylic acid groups (broad SMARTS) is 1. The fraction of sp³-hybridized carbons (Fsp3) is 0.545. The summed E-state index contributed by atoms with van der Waals surface area (Å²) in [6, 6.07) is 3.48. The molecule has 2 amide bonds. The molecular formula is C22H28BrN5O4. The SMILES string of the molecule is CC1CCN(C[C@@H]2c3c(OCc4cn(C(C)C)nn4)ccc(Br)c3CCN2C(=O)O)C1=O. The first-order valence-electron chi connectivity index (χ1n) is 10.9. The molecule has 2 aliphatic heterocycles. The maximum Gasteiger partial charge on any atom is 0.407 e. The molecule has 1 N–H and O–H groups in total. The third-order valence-electron chi connectivity index (χ3n) is 6.24. The highest BCUT2D eigenvalue weighted by Crippen LogP contribution is 2.41. The predicted octanol–water partition coefficient (Wildman–Crippen LogP) is 3.65. The number of fused-ring (bicyclic) bond motifs is 1. The van der Waals surface area contributed by atoms with Gasteiger partial charge in [-0.3, -0.25) is 9.69 Å². The maximum atomic E-state index is 12.6. The zero-order chi connectivity index (χ0) is 23.0. The Labute approximate surface area is 195 Å². The van der Waals surface area contributed by atoms with Crippen molar-refractivity contribution in [2.75, 3.05) is 19.6 Å². The quantitative estimate of drug-likeness (QED) is 0.642. The summed E-state index contributed by atoms with van der Waals surface area (Å²) in [6.45, 7) is 7.52. The van der Waals surface area contributed by atoms with E-state index < -0.39 is 12.1 Å². The topological polar surface area (TPSA) is 101 Å². The van der Waals surface area contributed by atoms with Gasteiger partial charge >= 0.3 is 6.09 Å². The van der Waals surface area contributed by atoms with E-state index in [0.717, 1.165) is 22.0 Å². The van der Waals surface area contributed by atoms with Gasteiger partial charge in [0.2, 0.25) is 5.91 Å². The van der Waals surface area contributed by atoms with Gasteiger partial charge in [-0.2, -0.15) is 0 Å². The third-order valence-corrected chi connectivity index (χ3v) is 6.98. The van der Waals surface area contributed by atoms with Gasteiger partial charge in [0.15, 0.2) is 0 Å². The van der Waals surface area contributed by atoms with Crippen molar-refractivity contribution in [3.8, 4) is 5.75 Å². The second-order valence-corrected chi connectivity index (χ2v) is 9.58. The molecule has 9 nitrogen and oxygen atoms in total. The van der Waals surface area contributed by atoms with E-state index in [4.69, 9.17) is 4.74 Å². The molecule has 0 aliphatic carbocycles. The maximum absolute atomic E-state index is 12.6. The number of rotatable bonds is 6. The second-order valence-electron chi connectivity index (χ2n) is 8.73. The van der Waals surface area contributed by atoms with E-state index in [0.29, 0.717) is 37.5 Å². The molecule has 2 atom stereocenters. The van der Waals surface area contributed by atoms with E-state index in [2.05, 4.69) is 26.2 Å². The smallest absolute Gasteiger partial charge is 0.407 e. The highest BCUT2D eigenvalue weighted by atomic mass is 79.9. The summed E-state index contributed by atoms with van der Waals surface area (Å²) in [5.74, 6) is 0.654. The van der Waals surface area contributed by atoms with Crippen LogP contribution in [0.1, 0.15) is 56.1 Å². The normalized spacial score (nSPS) is 20.7. The lowest BCUT2D eigenvalue weighted by atomic mass is 9.91. The molecule has 1 saturated heterocycles. The zero-order valence-corrected chi connectivity index (χ0v) is 20.1. The molecular weight excluding hydrogens is 478 g/mol. The first kappa shape index (κ1) is 22.6. The monoisotopic (exact) mass is 505 g/mol. The zero-order valence-electron chi connectivity index (χ0n) is 18.5. The molecule has 4 rings (SSSR count). The minimum atomic E-state index is -0.994. The van der Waals surface area contributed by atoms with Crippen molar-refractivity contribution in [1.29, 1.82) is 0 Å². The Bertz CT molecular complexity index is 1020. The largest absolute Gasteiger partial charge is 0.487 e. The molecule has 1 aromatic heterocycles. The molecule has 10 heteroatoms. The number of likely N-dealkylation sites (tertiary alicyclic amines) is 1. The number of hydrogen-bond acceptors (Lipinski definition) is 5. The number of benzene rings is 1. The van der Waals surface area contributed by atoms with Gasteiger partial charge in [0.25, 0.3) is 0 Å². The number of aromatic nitrogens is 3. The Morgan fingerprint density at radius 2 is 2.12 bits per heavy atom. The van der Waals surface area contributed by atoms with E-state index in [1.807, 2.05) is 39.1 Å². The van der Waals surface area contributed by atoms with Crippen molar-refractivity contribution in [1.82, 2.24) is 24.8 Å². The molecule has 2 aliphatic rings. The lowest BCUT2D eigenvalue weighted by molar-refractivity contribution is -0.131. The summed E-state index contributed by atoms with van der Waals surface area (Å²) < 4.78 is 8.84. The Hall–Kier alpha value is -2.62. The molecule has 172 valence electrons. The van der Waals surface area contributed by atoms with Crippen LogP contribution in [0.4, 0.5) is 4.79 Å². The number of carbonyl (C=O) groups is 2. The number of halogens is 1. The number of amides is 2. The second kappa shape index (κ2) is 9.09. The molecule has 1 unspecified atom stereocenters. The van der Waals surface area contributed by atoms with Crippen molar-refractivity contribution in [2.24, 2.45) is 5.92 Å². The lowest BCUT2D eigenvalue weighted by Crippen LogP contribution is -2.45. The summed E-state index contributed by atoms with van der Waals surface area (Å²) in [4.78, 5) is 27.9. The molecule has 0 bridgehead atoms. The average Bonchev–Trinajstić information content (AvgIpc) is 3.36. The Morgan fingerprint density at radius 3 is 2.75 bits per heavy atom. The lowest BCUT2D eigenvalue weighted by Gasteiger charge is -2.38. The standard InChI is InChI=1S/C22H28BrN5O4/c1-13(2)28-10-15(24-25-28)12-32-19-5-4-17(23)16-7-9-27(22(30)31)18(20(16)19)11-26-8-6-14(3)21(26)29/h4-5,10,13-14,18H,6-9,11-12H2,1-3H3,(H,30,31)/t14?,18-/m1/s1. The molecule has 32 heavy (non-hydrogen) atoms. The number of nitrogens with zero attached hydrogens (tertiary/aromatic N) is 5. The van der Waals surface area contributed by atoms with Crippen LogP contribution in [0.15, 0.2) is 22.8 Å². The third kappa shape index (κ3) is 4.32. The van der Waals surface area contributed by atoms with Crippen LogP contribution in [0.5, 0.6) is 5.75 Å². The molecule has 1 aromatic carbocycles. The van der Waals surface area contributed by atoms with Crippen molar-refractivity contribution in [2.45, 2.75) is 52.3 Å².